The number of carbonyl (C=O) groups is 1. The van der Waals surface area contributed by atoms with Crippen LogP contribution in [0, 0.1) is 5.92 Å². The zero-order chi connectivity index (χ0) is 12.1. The predicted molar refractivity (Wildman–Crippen MR) is 60.9 cm³/mol. The third-order valence-electron chi connectivity index (χ3n) is 2.93. The Balaban J connectivity index is 1.71. The van der Waals surface area contributed by atoms with Crippen LogP contribution < -0.4 is 5.32 Å². The molecule has 0 saturated carbocycles. The maximum Gasteiger partial charge on any atom is 0.371 e. The summed E-state index contributed by atoms with van der Waals surface area (Å²) in [6.45, 7) is 3.16. The normalized spacial score (nSPS) is 17.2. The number of nitrogens with one attached hydrogen (secondary N) is 1. The monoisotopic (exact) mass is 239 g/mol. The van der Waals surface area contributed by atoms with Gasteiger partial charge in [0.1, 0.15) is 12.4 Å². The standard InChI is InChI=1S/C12H17NO4/c14-12(15)11-2-1-10(17-11)8-16-7-9-3-5-13-6-4-9/h1-2,9,13H,3-8H2,(H,14,15). The second-order valence-corrected chi connectivity index (χ2v) is 4.28. The first-order chi connectivity index (χ1) is 8.25. The van der Waals surface area contributed by atoms with E-state index in [1.165, 1.54) is 6.07 Å². The molecule has 17 heavy (non-hydrogen) atoms. The van der Waals surface area contributed by atoms with Crippen molar-refractivity contribution in [1.29, 1.82) is 0 Å². The highest BCUT2D eigenvalue weighted by molar-refractivity contribution is 5.84. The van der Waals surface area contributed by atoms with Crippen molar-refractivity contribution in [2.45, 2.75) is 19.4 Å². The van der Waals surface area contributed by atoms with E-state index in [0.29, 0.717) is 24.9 Å². The molecule has 5 nitrogen and oxygen atoms in total. The molecule has 1 aromatic rings. The summed E-state index contributed by atoms with van der Waals surface area (Å²) >= 11 is 0. The van der Waals surface area contributed by atoms with Gasteiger partial charge in [0.05, 0.1) is 6.61 Å². The highest BCUT2D eigenvalue weighted by atomic mass is 16.5. The number of ether oxygens (including phenoxy) is 1. The summed E-state index contributed by atoms with van der Waals surface area (Å²) in [4.78, 5) is 10.6. The molecule has 94 valence electrons. The quantitative estimate of drug-likeness (QED) is 0.814. The molecule has 1 fully saturated rings. The minimum absolute atomic E-state index is 0.0366. The first-order valence-electron chi connectivity index (χ1n) is 5.86. The van der Waals surface area contributed by atoms with Gasteiger partial charge in [-0.3, -0.25) is 0 Å². The van der Waals surface area contributed by atoms with Crippen molar-refractivity contribution in [3.05, 3.63) is 23.7 Å². The van der Waals surface area contributed by atoms with Crippen molar-refractivity contribution in [1.82, 2.24) is 5.32 Å². The molecule has 1 aromatic heterocycles. The van der Waals surface area contributed by atoms with E-state index in [0.717, 1.165) is 25.9 Å². The van der Waals surface area contributed by atoms with E-state index in [-0.39, 0.29) is 5.76 Å². The van der Waals surface area contributed by atoms with Crippen molar-refractivity contribution in [3.63, 3.8) is 0 Å². The van der Waals surface area contributed by atoms with Crippen LogP contribution in [0.5, 0.6) is 0 Å². The zero-order valence-electron chi connectivity index (χ0n) is 9.65. The largest absolute Gasteiger partial charge is 0.475 e. The maximum atomic E-state index is 10.6. The van der Waals surface area contributed by atoms with Gasteiger partial charge < -0.3 is 19.6 Å². The molecule has 0 aromatic carbocycles. The zero-order valence-corrected chi connectivity index (χ0v) is 9.65. The van der Waals surface area contributed by atoms with Gasteiger partial charge in [0.25, 0.3) is 0 Å². The Morgan fingerprint density at radius 3 is 2.88 bits per heavy atom. The van der Waals surface area contributed by atoms with Crippen LogP contribution in [0.3, 0.4) is 0 Å². The predicted octanol–water partition coefficient (Wildman–Crippen LogP) is 1.49. The minimum atomic E-state index is -1.05. The van der Waals surface area contributed by atoms with Crippen molar-refractivity contribution >= 4 is 5.97 Å². The molecule has 1 saturated heterocycles. The number of hydrogen-bond donors (Lipinski definition) is 2. The lowest BCUT2D eigenvalue weighted by Gasteiger charge is -2.21. The lowest BCUT2D eigenvalue weighted by atomic mass is 9.99. The number of carboxylic acid groups (broad SMARTS) is 1. The number of piperidine rings is 1. The van der Waals surface area contributed by atoms with Crippen LogP contribution in [0.4, 0.5) is 0 Å². The molecule has 1 aliphatic rings. The molecular weight excluding hydrogens is 222 g/mol. The van der Waals surface area contributed by atoms with Crippen molar-refractivity contribution in [3.8, 4) is 0 Å². The molecule has 5 heteroatoms. The molecule has 1 aliphatic heterocycles. The van der Waals surface area contributed by atoms with E-state index in [1.54, 1.807) is 6.07 Å². The Labute approximate surface area is 99.8 Å². The van der Waals surface area contributed by atoms with Crippen molar-refractivity contribution in [2.75, 3.05) is 19.7 Å². The molecule has 2 heterocycles. The molecule has 0 atom stereocenters. The Hall–Kier alpha value is -1.33. The van der Waals surface area contributed by atoms with E-state index in [1.807, 2.05) is 0 Å². The summed E-state index contributed by atoms with van der Waals surface area (Å²) < 4.78 is 10.6. The van der Waals surface area contributed by atoms with E-state index in [4.69, 9.17) is 14.3 Å². The minimum Gasteiger partial charge on any atom is -0.475 e. The van der Waals surface area contributed by atoms with Gasteiger partial charge in [-0.2, -0.15) is 0 Å². The SMILES string of the molecule is O=C(O)c1ccc(COCC2CCNCC2)o1. The Morgan fingerprint density at radius 1 is 1.47 bits per heavy atom. The third-order valence-corrected chi connectivity index (χ3v) is 2.93. The van der Waals surface area contributed by atoms with Crippen LogP contribution in [0.15, 0.2) is 16.5 Å². The first kappa shape index (κ1) is 12.1. The second kappa shape index (κ2) is 5.84. The Bertz CT molecular complexity index is 368. The fraction of sp³-hybridized carbons (Fsp3) is 0.583. The molecule has 0 unspecified atom stereocenters. The Kier molecular flexibility index (Phi) is 4.17. The summed E-state index contributed by atoms with van der Waals surface area (Å²) in [5.74, 6) is 0.0848. The smallest absolute Gasteiger partial charge is 0.371 e. The lowest BCUT2D eigenvalue weighted by Crippen LogP contribution is -2.29. The van der Waals surface area contributed by atoms with E-state index < -0.39 is 5.97 Å². The molecule has 2 rings (SSSR count). The average molecular weight is 239 g/mol. The summed E-state index contributed by atoms with van der Waals surface area (Å²) in [7, 11) is 0. The third kappa shape index (κ3) is 3.57. The summed E-state index contributed by atoms with van der Waals surface area (Å²) in [5.41, 5.74) is 0. The molecule has 0 aliphatic carbocycles. The van der Waals surface area contributed by atoms with E-state index in [2.05, 4.69) is 5.32 Å². The van der Waals surface area contributed by atoms with Crippen LogP contribution in [0.1, 0.15) is 29.2 Å². The van der Waals surface area contributed by atoms with Gasteiger partial charge in [0.15, 0.2) is 0 Å². The van der Waals surface area contributed by atoms with Crippen LogP contribution in [-0.2, 0) is 11.3 Å². The van der Waals surface area contributed by atoms with Gasteiger partial charge in [-0.25, -0.2) is 4.79 Å². The van der Waals surface area contributed by atoms with Crippen LogP contribution in [0.2, 0.25) is 0 Å². The number of rotatable bonds is 5. The van der Waals surface area contributed by atoms with Gasteiger partial charge >= 0.3 is 5.97 Å². The molecule has 0 radical (unpaired) electrons. The van der Waals surface area contributed by atoms with Gasteiger partial charge in [-0.05, 0) is 44.0 Å². The topological polar surface area (TPSA) is 71.7 Å². The second-order valence-electron chi connectivity index (χ2n) is 4.28. The summed E-state index contributed by atoms with van der Waals surface area (Å²) in [6, 6.07) is 3.09. The molecule has 2 N–H and O–H groups in total. The van der Waals surface area contributed by atoms with Gasteiger partial charge in [-0.15, -0.1) is 0 Å². The number of hydrogen-bond acceptors (Lipinski definition) is 4. The maximum absolute atomic E-state index is 10.6. The first-order valence-corrected chi connectivity index (χ1v) is 5.86. The van der Waals surface area contributed by atoms with Crippen molar-refractivity contribution < 1.29 is 19.1 Å². The van der Waals surface area contributed by atoms with Gasteiger partial charge in [0.2, 0.25) is 5.76 Å². The molecule has 0 spiro atoms. The van der Waals surface area contributed by atoms with E-state index >= 15 is 0 Å². The molecular formula is C12H17NO4. The van der Waals surface area contributed by atoms with Gasteiger partial charge in [-0.1, -0.05) is 0 Å². The molecule has 0 amide bonds. The summed E-state index contributed by atoms with van der Waals surface area (Å²) in [6.07, 6.45) is 2.27. The lowest BCUT2D eigenvalue weighted by molar-refractivity contribution is 0.0590. The van der Waals surface area contributed by atoms with Crippen LogP contribution in [0.25, 0.3) is 0 Å². The van der Waals surface area contributed by atoms with Gasteiger partial charge in [0, 0.05) is 0 Å². The number of furan rings is 1. The summed E-state index contributed by atoms with van der Waals surface area (Å²) in [5, 5.41) is 12.0. The highest BCUT2D eigenvalue weighted by Crippen LogP contribution is 2.14. The fourth-order valence-corrected chi connectivity index (χ4v) is 1.94. The Morgan fingerprint density at radius 2 is 2.24 bits per heavy atom. The fourth-order valence-electron chi connectivity index (χ4n) is 1.94. The van der Waals surface area contributed by atoms with Crippen LogP contribution in [-0.4, -0.2) is 30.8 Å². The highest BCUT2D eigenvalue weighted by Gasteiger charge is 2.14. The number of carboxylic acids is 1. The van der Waals surface area contributed by atoms with Crippen LogP contribution >= 0.6 is 0 Å². The van der Waals surface area contributed by atoms with E-state index in [9.17, 15) is 4.79 Å². The number of aromatic carboxylic acids is 1. The van der Waals surface area contributed by atoms with Crippen molar-refractivity contribution in [2.24, 2.45) is 5.92 Å². The average Bonchev–Trinajstić information content (AvgIpc) is 2.79. The molecule has 0 bridgehead atoms.